The zero-order valence-corrected chi connectivity index (χ0v) is 12.4. The van der Waals surface area contributed by atoms with Gasteiger partial charge in [-0.1, -0.05) is 18.2 Å². The monoisotopic (exact) mass is 285 g/mol. The number of imidazole rings is 1. The van der Waals surface area contributed by atoms with E-state index in [0.717, 1.165) is 19.5 Å². The van der Waals surface area contributed by atoms with Crippen molar-refractivity contribution in [3.05, 3.63) is 53.9 Å². The van der Waals surface area contributed by atoms with Gasteiger partial charge in [-0.2, -0.15) is 0 Å². The molecule has 3 nitrogen and oxygen atoms in total. The second-order valence-electron chi connectivity index (χ2n) is 5.02. The van der Waals surface area contributed by atoms with Crippen molar-refractivity contribution in [3.63, 3.8) is 0 Å². The van der Waals surface area contributed by atoms with E-state index in [1.54, 1.807) is 0 Å². The Balaban J connectivity index is 1.56. The fraction of sp³-hybridized carbons (Fsp3) is 0.312. The first-order chi connectivity index (χ1) is 9.84. The lowest BCUT2D eigenvalue weighted by molar-refractivity contribution is 0.529. The van der Waals surface area contributed by atoms with Crippen LogP contribution in [-0.2, 0) is 6.54 Å². The minimum absolute atomic E-state index is 0.389. The molecule has 0 aliphatic rings. The summed E-state index contributed by atoms with van der Waals surface area (Å²) in [4.78, 5) is 4.06. The molecule has 4 heteroatoms. The molecule has 3 aromatic rings. The van der Waals surface area contributed by atoms with Crippen LogP contribution < -0.4 is 5.32 Å². The Morgan fingerprint density at radius 1 is 1.35 bits per heavy atom. The number of fused-ring (bicyclic) bond motifs is 1. The van der Waals surface area contributed by atoms with Gasteiger partial charge in [0.1, 0.15) is 0 Å². The molecular weight excluding hydrogens is 266 g/mol. The number of nitrogens with one attached hydrogen (secondary N) is 1. The molecule has 0 radical (unpaired) electrons. The zero-order chi connectivity index (χ0) is 13.8. The van der Waals surface area contributed by atoms with Crippen LogP contribution in [0.2, 0.25) is 0 Å². The molecule has 1 N–H and O–H groups in total. The molecule has 0 bridgehead atoms. The minimum Gasteiger partial charge on any atom is -0.337 e. The van der Waals surface area contributed by atoms with E-state index in [9.17, 15) is 0 Å². The predicted molar refractivity (Wildman–Crippen MR) is 85.1 cm³/mol. The van der Waals surface area contributed by atoms with E-state index >= 15 is 0 Å². The van der Waals surface area contributed by atoms with Gasteiger partial charge in [0.25, 0.3) is 0 Å². The van der Waals surface area contributed by atoms with Crippen LogP contribution in [-0.4, -0.2) is 16.1 Å². The maximum Gasteiger partial charge on any atom is 0.0945 e. The molecule has 1 atom stereocenters. The van der Waals surface area contributed by atoms with Gasteiger partial charge in [0.05, 0.1) is 6.33 Å². The largest absolute Gasteiger partial charge is 0.337 e. The average molecular weight is 285 g/mol. The van der Waals surface area contributed by atoms with Gasteiger partial charge in [0.2, 0.25) is 0 Å². The van der Waals surface area contributed by atoms with Gasteiger partial charge in [-0.05, 0) is 42.3 Å². The second kappa shape index (κ2) is 6.20. The Labute approximate surface area is 123 Å². The van der Waals surface area contributed by atoms with Crippen LogP contribution >= 0.6 is 11.3 Å². The Morgan fingerprint density at radius 2 is 2.30 bits per heavy atom. The maximum absolute atomic E-state index is 4.06. The van der Waals surface area contributed by atoms with Crippen molar-refractivity contribution in [2.75, 3.05) is 6.54 Å². The second-order valence-corrected chi connectivity index (χ2v) is 5.93. The number of thiophene rings is 1. The lowest BCUT2D eigenvalue weighted by Gasteiger charge is -2.15. The van der Waals surface area contributed by atoms with Gasteiger partial charge in [-0.3, -0.25) is 0 Å². The lowest BCUT2D eigenvalue weighted by Crippen LogP contribution is -2.20. The summed E-state index contributed by atoms with van der Waals surface area (Å²) in [6.45, 7) is 4.27. The van der Waals surface area contributed by atoms with Gasteiger partial charge >= 0.3 is 0 Å². The lowest BCUT2D eigenvalue weighted by atomic mass is 10.1. The highest BCUT2D eigenvalue weighted by Crippen LogP contribution is 2.28. The van der Waals surface area contributed by atoms with Crippen molar-refractivity contribution in [3.8, 4) is 0 Å². The minimum atomic E-state index is 0.389. The molecule has 0 aliphatic carbocycles. The molecule has 20 heavy (non-hydrogen) atoms. The van der Waals surface area contributed by atoms with E-state index in [4.69, 9.17) is 0 Å². The number of aryl methyl sites for hydroxylation is 1. The Hall–Kier alpha value is -1.65. The molecule has 0 fully saturated rings. The molecule has 1 aromatic carbocycles. The molecular formula is C16H19N3S. The van der Waals surface area contributed by atoms with Crippen LogP contribution in [0.4, 0.5) is 0 Å². The molecule has 0 aliphatic heterocycles. The highest BCUT2D eigenvalue weighted by molar-refractivity contribution is 7.17. The van der Waals surface area contributed by atoms with Gasteiger partial charge in [0.15, 0.2) is 0 Å². The summed E-state index contributed by atoms with van der Waals surface area (Å²) in [5.74, 6) is 0. The first-order valence-corrected chi connectivity index (χ1v) is 7.88. The summed E-state index contributed by atoms with van der Waals surface area (Å²) in [6.07, 6.45) is 6.82. The normalized spacial score (nSPS) is 12.8. The Kier molecular flexibility index (Phi) is 4.14. The van der Waals surface area contributed by atoms with Gasteiger partial charge in [-0.15, -0.1) is 11.3 Å². The van der Waals surface area contributed by atoms with Crippen molar-refractivity contribution in [1.29, 1.82) is 0 Å². The molecule has 2 aromatic heterocycles. The molecule has 0 saturated carbocycles. The number of rotatable bonds is 6. The van der Waals surface area contributed by atoms with Crippen LogP contribution in [0.15, 0.2) is 48.4 Å². The number of aromatic nitrogens is 2. The van der Waals surface area contributed by atoms with E-state index in [1.165, 1.54) is 15.6 Å². The molecule has 2 heterocycles. The molecule has 3 rings (SSSR count). The van der Waals surface area contributed by atoms with E-state index < -0.39 is 0 Å². The standard InChI is InChI=1S/C16H19N3S/c1-13(18-7-3-9-19-10-8-17-12-19)15-5-2-4-14-6-11-20-16(14)15/h2,4-6,8,10-13,18H,3,7,9H2,1H3. The number of nitrogens with zero attached hydrogens (tertiary/aromatic N) is 2. The Bertz CT molecular complexity index is 657. The smallest absolute Gasteiger partial charge is 0.0945 e. The summed E-state index contributed by atoms with van der Waals surface area (Å²) in [6, 6.07) is 9.14. The maximum atomic E-state index is 4.06. The van der Waals surface area contributed by atoms with Gasteiger partial charge in [-0.25, -0.2) is 4.98 Å². The van der Waals surface area contributed by atoms with Gasteiger partial charge in [0, 0.05) is 29.7 Å². The topological polar surface area (TPSA) is 29.9 Å². The third-order valence-corrected chi connectivity index (χ3v) is 4.56. The van der Waals surface area contributed by atoms with Crippen molar-refractivity contribution in [2.45, 2.75) is 25.9 Å². The van der Waals surface area contributed by atoms with Crippen molar-refractivity contribution in [2.24, 2.45) is 0 Å². The predicted octanol–water partition coefficient (Wildman–Crippen LogP) is 3.84. The Morgan fingerprint density at radius 3 is 3.15 bits per heavy atom. The fourth-order valence-electron chi connectivity index (χ4n) is 2.47. The number of hydrogen-bond donors (Lipinski definition) is 1. The van der Waals surface area contributed by atoms with Crippen LogP contribution in [0.1, 0.15) is 24.9 Å². The molecule has 0 amide bonds. The van der Waals surface area contributed by atoms with Crippen LogP contribution in [0.3, 0.4) is 0 Å². The van der Waals surface area contributed by atoms with E-state index in [1.807, 2.05) is 30.1 Å². The van der Waals surface area contributed by atoms with Crippen molar-refractivity contribution >= 4 is 21.4 Å². The summed E-state index contributed by atoms with van der Waals surface area (Å²) in [7, 11) is 0. The molecule has 1 unspecified atom stereocenters. The average Bonchev–Trinajstić information content (AvgIpc) is 3.13. The van der Waals surface area contributed by atoms with Gasteiger partial charge < -0.3 is 9.88 Å². The highest BCUT2D eigenvalue weighted by Gasteiger charge is 2.09. The van der Waals surface area contributed by atoms with Crippen LogP contribution in [0, 0.1) is 0 Å². The molecule has 0 saturated heterocycles. The summed E-state index contributed by atoms with van der Waals surface area (Å²) in [5.41, 5.74) is 1.40. The van der Waals surface area contributed by atoms with E-state index in [2.05, 4.69) is 51.4 Å². The van der Waals surface area contributed by atoms with Crippen molar-refractivity contribution in [1.82, 2.24) is 14.9 Å². The summed E-state index contributed by atoms with van der Waals surface area (Å²) in [5, 5.41) is 7.13. The molecule has 0 spiro atoms. The van der Waals surface area contributed by atoms with Crippen LogP contribution in [0.25, 0.3) is 10.1 Å². The number of hydrogen-bond acceptors (Lipinski definition) is 3. The molecule has 104 valence electrons. The van der Waals surface area contributed by atoms with E-state index in [-0.39, 0.29) is 0 Å². The third-order valence-electron chi connectivity index (χ3n) is 3.58. The zero-order valence-electron chi connectivity index (χ0n) is 11.6. The quantitative estimate of drug-likeness (QED) is 0.697. The van der Waals surface area contributed by atoms with Crippen LogP contribution in [0.5, 0.6) is 0 Å². The highest BCUT2D eigenvalue weighted by atomic mass is 32.1. The summed E-state index contributed by atoms with van der Waals surface area (Å²) < 4.78 is 3.52. The first kappa shape index (κ1) is 13.3. The first-order valence-electron chi connectivity index (χ1n) is 7.00. The van der Waals surface area contributed by atoms with Crippen molar-refractivity contribution < 1.29 is 0 Å². The van der Waals surface area contributed by atoms with E-state index in [0.29, 0.717) is 6.04 Å². The number of benzene rings is 1. The SMILES string of the molecule is CC(NCCCn1ccnc1)c1cccc2ccsc12. The summed E-state index contributed by atoms with van der Waals surface area (Å²) >= 11 is 1.83. The fourth-order valence-corrected chi connectivity index (χ4v) is 3.47. The third kappa shape index (κ3) is 2.92.